The molecule has 0 radical (unpaired) electrons. The van der Waals surface area contributed by atoms with Crippen LogP contribution in [-0.4, -0.2) is 48.9 Å². The van der Waals surface area contributed by atoms with Gasteiger partial charge in [0.1, 0.15) is 5.54 Å². The van der Waals surface area contributed by atoms with Gasteiger partial charge in [0.05, 0.1) is 12.6 Å². The summed E-state index contributed by atoms with van der Waals surface area (Å²) in [6, 6.07) is 2.15. The molecule has 2 N–H and O–H groups in total. The zero-order valence-corrected chi connectivity index (χ0v) is 14.0. The van der Waals surface area contributed by atoms with Crippen LogP contribution in [0.15, 0.2) is 0 Å². The molecule has 0 aromatic heterocycles. The van der Waals surface area contributed by atoms with E-state index in [9.17, 15) is 9.59 Å². The lowest BCUT2D eigenvalue weighted by Gasteiger charge is -2.28. The maximum absolute atomic E-state index is 11.9. The Kier molecular flexibility index (Phi) is 7.97. The number of nitrogens with one attached hydrogen (secondary N) is 2. The number of nitrogens with zero attached hydrogens (tertiary/aromatic N) is 2. The predicted molar refractivity (Wildman–Crippen MR) is 82.3 cm³/mol. The lowest BCUT2D eigenvalue weighted by atomic mass is 9.90. The fraction of sp³-hybridized carbons (Fsp3) is 0.800. The zero-order valence-electron chi connectivity index (χ0n) is 14.0. The summed E-state index contributed by atoms with van der Waals surface area (Å²) in [5, 5.41) is 14.7. The van der Waals surface area contributed by atoms with E-state index in [1.807, 2.05) is 32.6 Å². The van der Waals surface area contributed by atoms with Gasteiger partial charge in [-0.25, -0.2) is 0 Å². The van der Waals surface area contributed by atoms with Crippen molar-refractivity contribution in [2.45, 2.75) is 40.2 Å². The van der Waals surface area contributed by atoms with E-state index in [1.165, 1.54) is 0 Å². The lowest BCUT2D eigenvalue weighted by molar-refractivity contribution is -0.124. The van der Waals surface area contributed by atoms with Crippen molar-refractivity contribution in [3.63, 3.8) is 0 Å². The largest absolute Gasteiger partial charge is 0.355 e. The standard InChI is InChI=1S/C15H28N4O2/c1-11(2)14(21)17-7-8-19(6)9-13(20)18-15(5,10-16)12(3)4/h11-12H,7-9H2,1-6H3,(H,17,21)(H,18,20)/t15-/m1/s1. The summed E-state index contributed by atoms with van der Waals surface area (Å²) in [5.41, 5.74) is -0.857. The van der Waals surface area contributed by atoms with Crippen LogP contribution in [0.25, 0.3) is 0 Å². The van der Waals surface area contributed by atoms with Gasteiger partial charge >= 0.3 is 0 Å². The summed E-state index contributed by atoms with van der Waals surface area (Å²) >= 11 is 0. The van der Waals surface area contributed by atoms with Crippen LogP contribution in [0.1, 0.15) is 34.6 Å². The Bertz CT molecular complexity index is 401. The number of rotatable bonds is 8. The van der Waals surface area contributed by atoms with Crippen LogP contribution >= 0.6 is 0 Å². The van der Waals surface area contributed by atoms with Crippen molar-refractivity contribution in [2.75, 3.05) is 26.7 Å². The maximum Gasteiger partial charge on any atom is 0.235 e. The molecule has 0 rings (SSSR count). The van der Waals surface area contributed by atoms with Crippen molar-refractivity contribution in [1.29, 1.82) is 5.26 Å². The van der Waals surface area contributed by atoms with E-state index in [-0.39, 0.29) is 30.2 Å². The second-order valence-corrected chi connectivity index (χ2v) is 6.20. The molecule has 0 saturated carbocycles. The first-order valence-corrected chi connectivity index (χ1v) is 7.31. The molecule has 0 aliphatic heterocycles. The third-order valence-electron chi connectivity index (χ3n) is 3.52. The molecule has 6 heteroatoms. The van der Waals surface area contributed by atoms with Gasteiger partial charge in [-0.2, -0.15) is 5.26 Å². The zero-order chi connectivity index (χ0) is 16.6. The van der Waals surface area contributed by atoms with E-state index < -0.39 is 5.54 Å². The first kappa shape index (κ1) is 19.4. The number of hydrogen-bond donors (Lipinski definition) is 2. The van der Waals surface area contributed by atoms with Crippen LogP contribution in [0.3, 0.4) is 0 Å². The van der Waals surface area contributed by atoms with Crippen LogP contribution in [0.2, 0.25) is 0 Å². The van der Waals surface area contributed by atoms with Gasteiger partial charge in [0, 0.05) is 19.0 Å². The highest BCUT2D eigenvalue weighted by Gasteiger charge is 2.30. The van der Waals surface area contributed by atoms with Crippen molar-refractivity contribution >= 4 is 11.8 Å². The quantitative estimate of drug-likeness (QED) is 0.692. The van der Waals surface area contributed by atoms with Crippen molar-refractivity contribution < 1.29 is 9.59 Å². The Morgan fingerprint density at radius 1 is 1.29 bits per heavy atom. The van der Waals surface area contributed by atoms with Crippen LogP contribution in [0.4, 0.5) is 0 Å². The normalized spacial score (nSPS) is 13.9. The molecule has 6 nitrogen and oxygen atoms in total. The Labute approximate surface area is 127 Å². The number of carbonyl (C=O) groups excluding carboxylic acids is 2. The molecular weight excluding hydrogens is 268 g/mol. The third kappa shape index (κ3) is 7.09. The minimum absolute atomic E-state index is 0.00437. The van der Waals surface area contributed by atoms with Gasteiger partial charge in [0.2, 0.25) is 11.8 Å². The van der Waals surface area contributed by atoms with Gasteiger partial charge in [0.15, 0.2) is 0 Å². The highest BCUT2D eigenvalue weighted by atomic mass is 16.2. The van der Waals surface area contributed by atoms with Crippen LogP contribution in [-0.2, 0) is 9.59 Å². The molecule has 2 amide bonds. The summed E-state index contributed by atoms with van der Waals surface area (Å²) in [4.78, 5) is 25.2. The second kappa shape index (κ2) is 8.63. The number of carbonyl (C=O) groups is 2. The smallest absolute Gasteiger partial charge is 0.235 e. The van der Waals surface area contributed by atoms with Crippen LogP contribution in [0.5, 0.6) is 0 Å². The van der Waals surface area contributed by atoms with E-state index in [2.05, 4.69) is 16.7 Å². The number of nitriles is 1. The first-order valence-electron chi connectivity index (χ1n) is 7.31. The highest BCUT2D eigenvalue weighted by molar-refractivity contribution is 5.79. The average Bonchev–Trinajstić information content (AvgIpc) is 2.37. The van der Waals surface area contributed by atoms with Crippen molar-refractivity contribution in [1.82, 2.24) is 15.5 Å². The summed E-state index contributed by atoms with van der Waals surface area (Å²) in [5.74, 6) is -0.196. The Morgan fingerprint density at radius 3 is 2.29 bits per heavy atom. The Hall–Kier alpha value is -1.61. The van der Waals surface area contributed by atoms with E-state index in [1.54, 1.807) is 14.0 Å². The molecule has 0 heterocycles. The van der Waals surface area contributed by atoms with E-state index in [0.29, 0.717) is 13.1 Å². The molecule has 1 atom stereocenters. The number of likely N-dealkylation sites (N-methyl/N-ethyl adjacent to an activating group) is 1. The fourth-order valence-corrected chi connectivity index (χ4v) is 1.53. The van der Waals surface area contributed by atoms with Gasteiger partial charge in [-0.1, -0.05) is 27.7 Å². The molecule has 0 saturated heterocycles. The number of amides is 2. The molecule has 0 spiro atoms. The van der Waals surface area contributed by atoms with E-state index in [0.717, 1.165) is 0 Å². The van der Waals surface area contributed by atoms with Gasteiger partial charge in [-0.15, -0.1) is 0 Å². The molecule has 0 aromatic carbocycles. The Balaban J connectivity index is 4.17. The van der Waals surface area contributed by atoms with Gasteiger partial charge in [0.25, 0.3) is 0 Å². The van der Waals surface area contributed by atoms with E-state index >= 15 is 0 Å². The molecule has 21 heavy (non-hydrogen) atoms. The number of hydrogen-bond acceptors (Lipinski definition) is 4. The molecule has 0 unspecified atom stereocenters. The molecule has 0 aliphatic carbocycles. The summed E-state index contributed by atoms with van der Waals surface area (Å²) in [7, 11) is 1.81. The van der Waals surface area contributed by atoms with Crippen molar-refractivity contribution in [3.05, 3.63) is 0 Å². The molecule has 0 aliphatic rings. The molecular formula is C15H28N4O2. The third-order valence-corrected chi connectivity index (χ3v) is 3.52. The van der Waals surface area contributed by atoms with Gasteiger partial charge in [-0.05, 0) is 19.9 Å². The van der Waals surface area contributed by atoms with Gasteiger partial charge < -0.3 is 10.6 Å². The molecule has 120 valence electrons. The first-order chi connectivity index (χ1) is 9.62. The summed E-state index contributed by atoms with van der Waals surface area (Å²) in [6.07, 6.45) is 0. The maximum atomic E-state index is 11.9. The predicted octanol–water partition coefficient (Wildman–Crippen LogP) is 0.745. The second-order valence-electron chi connectivity index (χ2n) is 6.20. The van der Waals surface area contributed by atoms with Crippen molar-refractivity contribution in [3.8, 4) is 6.07 Å². The topological polar surface area (TPSA) is 85.2 Å². The lowest BCUT2D eigenvalue weighted by Crippen LogP contribution is -2.51. The Morgan fingerprint density at radius 2 is 1.86 bits per heavy atom. The summed E-state index contributed by atoms with van der Waals surface area (Å²) < 4.78 is 0. The van der Waals surface area contributed by atoms with Gasteiger partial charge in [-0.3, -0.25) is 14.5 Å². The SMILES string of the molecule is CC(C)C(=O)NCCN(C)CC(=O)N[C@](C)(C#N)C(C)C. The van der Waals surface area contributed by atoms with E-state index in [4.69, 9.17) is 5.26 Å². The average molecular weight is 296 g/mol. The summed E-state index contributed by atoms with van der Waals surface area (Å²) in [6.45, 7) is 10.5. The monoisotopic (exact) mass is 296 g/mol. The minimum Gasteiger partial charge on any atom is -0.355 e. The van der Waals surface area contributed by atoms with Crippen LogP contribution < -0.4 is 10.6 Å². The minimum atomic E-state index is -0.857. The molecule has 0 aromatic rings. The van der Waals surface area contributed by atoms with Crippen LogP contribution in [0, 0.1) is 23.2 Å². The molecule has 0 bridgehead atoms. The van der Waals surface area contributed by atoms with Crippen molar-refractivity contribution in [2.24, 2.45) is 11.8 Å². The fourth-order valence-electron chi connectivity index (χ4n) is 1.53. The molecule has 0 fully saturated rings. The highest BCUT2D eigenvalue weighted by Crippen LogP contribution is 2.14.